The van der Waals surface area contributed by atoms with Gasteiger partial charge in [0.1, 0.15) is 11.4 Å². The van der Waals surface area contributed by atoms with Crippen molar-refractivity contribution in [2.75, 3.05) is 7.11 Å². The molecule has 3 aliphatic rings. The Kier molecular flexibility index (Phi) is 4.90. The Balaban J connectivity index is 1.90. The van der Waals surface area contributed by atoms with E-state index in [0.29, 0.717) is 23.4 Å². The summed E-state index contributed by atoms with van der Waals surface area (Å²) >= 11 is 6.02. The molecule has 28 heavy (non-hydrogen) atoms. The topological polar surface area (TPSA) is 46.5 Å². The summed E-state index contributed by atoms with van der Waals surface area (Å²) in [7, 11) is 1.56. The molecular weight excluding hydrogens is 372 g/mol. The number of allylic oxidation sites excluding steroid dienone is 1. The van der Waals surface area contributed by atoms with E-state index in [9.17, 15) is 9.90 Å². The predicted molar refractivity (Wildman–Crippen MR) is 112 cm³/mol. The molecule has 0 amide bonds. The molecule has 2 atom stereocenters. The molecule has 144 valence electrons. The van der Waals surface area contributed by atoms with Gasteiger partial charge in [0.25, 0.3) is 0 Å². The first-order valence-corrected chi connectivity index (χ1v) is 9.98. The second-order valence-electron chi connectivity index (χ2n) is 7.42. The van der Waals surface area contributed by atoms with E-state index in [-0.39, 0.29) is 17.5 Å². The van der Waals surface area contributed by atoms with Gasteiger partial charge in [-0.1, -0.05) is 48.9 Å². The summed E-state index contributed by atoms with van der Waals surface area (Å²) in [6.45, 7) is 2.05. The molecule has 2 aromatic rings. The van der Waals surface area contributed by atoms with Gasteiger partial charge >= 0.3 is 0 Å². The highest BCUT2D eigenvalue weighted by atomic mass is 35.5. The van der Waals surface area contributed by atoms with Crippen molar-refractivity contribution in [1.82, 2.24) is 0 Å². The van der Waals surface area contributed by atoms with Crippen LogP contribution in [0.3, 0.4) is 0 Å². The second kappa shape index (κ2) is 7.23. The summed E-state index contributed by atoms with van der Waals surface area (Å²) in [6.07, 6.45) is 5.76. The number of fused-ring (bicyclic) bond motifs is 2. The highest BCUT2D eigenvalue weighted by molar-refractivity contribution is 6.30. The Hall–Kier alpha value is -2.36. The maximum absolute atomic E-state index is 13.5. The number of hydrogen-bond acceptors (Lipinski definition) is 3. The number of carbonyl (C=O) groups excluding carboxylic acids is 1. The third kappa shape index (κ3) is 2.99. The average molecular weight is 395 g/mol. The lowest BCUT2D eigenvalue weighted by atomic mass is 9.83. The minimum Gasteiger partial charge on any atom is -0.511 e. The first kappa shape index (κ1) is 19.0. The molecule has 0 saturated carbocycles. The number of ketones is 1. The van der Waals surface area contributed by atoms with E-state index in [2.05, 4.69) is 6.92 Å². The predicted octanol–water partition coefficient (Wildman–Crippen LogP) is 5.77. The zero-order valence-electron chi connectivity index (χ0n) is 16.0. The molecule has 0 aliphatic heterocycles. The van der Waals surface area contributed by atoms with E-state index in [1.54, 1.807) is 7.11 Å². The summed E-state index contributed by atoms with van der Waals surface area (Å²) in [6, 6.07) is 13.7. The third-order valence-electron chi connectivity index (χ3n) is 5.95. The lowest BCUT2D eigenvalue weighted by Gasteiger charge is -2.29. The smallest absolute Gasteiger partial charge is 0.202 e. The molecule has 0 fully saturated rings. The largest absolute Gasteiger partial charge is 0.511 e. The van der Waals surface area contributed by atoms with Gasteiger partial charge in [0.05, 0.1) is 5.57 Å². The molecule has 0 radical (unpaired) electrons. The van der Waals surface area contributed by atoms with Gasteiger partial charge in [0.2, 0.25) is 5.78 Å². The van der Waals surface area contributed by atoms with Crippen LogP contribution in [0.4, 0.5) is 0 Å². The minimum atomic E-state index is -0.988. The Morgan fingerprint density at radius 3 is 2.50 bits per heavy atom. The van der Waals surface area contributed by atoms with Crippen LogP contribution in [-0.2, 0) is 16.0 Å². The number of aliphatic hydroxyl groups excluding tert-OH is 1. The fraction of sp³-hybridized carbons (Fsp3) is 0.292. The monoisotopic (exact) mass is 394 g/mol. The molecule has 0 unspecified atom stereocenters. The molecule has 1 N–H and O–H groups in total. The first-order valence-electron chi connectivity index (χ1n) is 9.60. The van der Waals surface area contributed by atoms with Crippen molar-refractivity contribution in [1.29, 1.82) is 0 Å². The van der Waals surface area contributed by atoms with Crippen molar-refractivity contribution >= 4 is 23.0 Å². The number of hydrogen-bond donors (Lipinski definition) is 1. The molecule has 0 heterocycles. The molecule has 3 nitrogen and oxygen atoms in total. The van der Waals surface area contributed by atoms with Crippen LogP contribution < -0.4 is 0 Å². The van der Waals surface area contributed by atoms with Crippen LogP contribution in [0.2, 0.25) is 5.02 Å². The number of benzene rings is 2. The molecule has 0 saturated heterocycles. The van der Waals surface area contributed by atoms with Gasteiger partial charge in [-0.2, -0.15) is 0 Å². The van der Waals surface area contributed by atoms with Crippen molar-refractivity contribution in [3.63, 3.8) is 0 Å². The maximum Gasteiger partial charge on any atom is 0.202 e. The lowest BCUT2D eigenvalue weighted by Crippen LogP contribution is -2.39. The van der Waals surface area contributed by atoms with Crippen LogP contribution in [0, 0.1) is 5.92 Å². The minimum absolute atomic E-state index is 0.145. The number of Topliss-reactive ketones (excluding diaryl/α,β-unsaturated/α-hetero) is 1. The highest BCUT2D eigenvalue weighted by Gasteiger charge is 2.46. The van der Waals surface area contributed by atoms with Crippen molar-refractivity contribution in [3.05, 3.63) is 76.5 Å². The average Bonchev–Trinajstić information content (AvgIpc) is 2.90. The van der Waals surface area contributed by atoms with Gasteiger partial charge in [-0.15, -0.1) is 0 Å². The van der Waals surface area contributed by atoms with Crippen molar-refractivity contribution in [3.8, 4) is 11.1 Å². The summed E-state index contributed by atoms with van der Waals surface area (Å²) in [5.74, 6) is -0.152. The Bertz CT molecular complexity index is 987. The van der Waals surface area contributed by atoms with Gasteiger partial charge in [0.15, 0.2) is 0 Å². The van der Waals surface area contributed by atoms with Gasteiger partial charge in [0, 0.05) is 18.1 Å². The third-order valence-corrected chi connectivity index (χ3v) is 6.20. The van der Waals surface area contributed by atoms with Crippen molar-refractivity contribution < 1.29 is 14.6 Å². The first-order chi connectivity index (χ1) is 13.5. The van der Waals surface area contributed by atoms with Crippen molar-refractivity contribution in [2.45, 2.75) is 31.8 Å². The standard InChI is InChI=1S/C24H23ClO3/c1-3-15-4-5-18(16-6-8-19(25)9-7-16)14-20(15)21-22(26)17-10-12-24(28-2,13-11-17)23(21)27/h4-10,12,14,17,26H,3,11,13H2,1-2H3/t17-,24-/m0/s1. The van der Waals surface area contributed by atoms with Gasteiger partial charge in [-0.05, 0) is 65.8 Å². The van der Waals surface area contributed by atoms with Crippen LogP contribution in [0.15, 0.2) is 60.4 Å². The molecular formula is C24H23ClO3. The molecule has 2 bridgehead atoms. The number of rotatable bonds is 4. The number of aliphatic hydroxyl groups is 1. The van der Waals surface area contributed by atoms with Gasteiger partial charge < -0.3 is 9.84 Å². The van der Waals surface area contributed by atoms with Crippen molar-refractivity contribution in [2.24, 2.45) is 5.92 Å². The Labute approximate surface area is 170 Å². The van der Waals surface area contributed by atoms with E-state index in [1.807, 2.05) is 54.6 Å². The lowest BCUT2D eigenvalue weighted by molar-refractivity contribution is -0.130. The Morgan fingerprint density at radius 1 is 1.18 bits per heavy atom. The van der Waals surface area contributed by atoms with Crippen LogP contribution >= 0.6 is 11.6 Å². The molecule has 2 aromatic carbocycles. The van der Waals surface area contributed by atoms with Crippen LogP contribution in [0.5, 0.6) is 0 Å². The SMILES string of the molecule is CCc1ccc(-c2ccc(Cl)cc2)cc1C1=C(O)[C@H]2C=C[C@](OC)(CC2)C1=O. The summed E-state index contributed by atoms with van der Waals surface area (Å²) in [4.78, 5) is 13.5. The van der Waals surface area contributed by atoms with Crippen LogP contribution in [0.25, 0.3) is 16.7 Å². The number of ether oxygens (including phenoxy) is 1. The summed E-state index contributed by atoms with van der Waals surface area (Å²) in [5, 5.41) is 11.7. The number of methoxy groups -OCH3 is 1. The highest BCUT2D eigenvalue weighted by Crippen LogP contribution is 2.44. The molecule has 0 aromatic heterocycles. The normalized spacial score (nSPS) is 24.0. The maximum atomic E-state index is 13.5. The molecule has 0 spiro atoms. The molecule has 4 heteroatoms. The fourth-order valence-corrected chi connectivity index (χ4v) is 4.34. The van der Waals surface area contributed by atoms with E-state index >= 15 is 0 Å². The number of carbonyl (C=O) groups is 1. The van der Waals surface area contributed by atoms with E-state index in [1.165, 1.54) is 0 Å². The second-order valence-corrected chi connectivity index (χ2v) is 7.86. The quantitative estimate of drug-likeness (QED) is 0.669. The van der Waals surface area contributed by atoms with E-state index < -0.39 is 5.60 Å². The number of halogens is 1. The van der Waals surface area contributed by atoms with Crippen LogP contribution in [0.1, 0.15) is 30.9 Å². The van der Waals surface area contributed by atoms with E-state index in [4.69, 9.17) is 16.3 Å². The van der Waals surface area contributed by atoms with Crippen LogP contribution in [-0.4, -0.2) is 23.6 Å². The molecule has 3 aliphatic carbocycles. The summed E-state index contributed by atoms with van der Waals surface area (Å²) in [5.41, 5.74) is 3.21. The van der Waals surface area contributed by atoms with Gasteiger partial charge in [-0.3, -0.25) is 4.79 Å². The molecule has 5 rings (SSSR count). The Morgan fingerprint density at radius 2 is 1.89 bits per heavy atom. The van der Waals surface area contributed by atoms with E-state index in [0.717, 1.165) is 28.7 Å². The summed E-state index contributed by atoms with van der Waals surface area (Å²) < 4.78 is 5.66. The zero-order chi connectivity index (χ0) is 19.9. The van der Waals surface area contributed by atoms with Gasteiger partial charge in [-0.25, -0.2) is 0 Å². The number of aryl methyl sites for hydroxylation is 1. The zero-order valence-corrected chi connectivity index (χ0v) is 16.8. The fourth-order valence-electron chi connectivity index (χ4n) is 4.21.